The minimum atomic E-state index is -0.219. The average molecular weight is 295 g/mol. The molecule has 0 aliphatic rings. The maximum Gasteiger partial charge on any atom is 0.331 e. The third-order valence-corrected chi connectivity index (χ3v) is 3.61. The second-order valence-corrected chi connectivity index (χ2v) is 6.11. The molecule has 1 rings (SSSR count). The highest BCUT2D eigenvalue weighted by Gasteiger charge is 2.06. The van der Waals surface area contributed by atoms with Crippen LogP contribution in [0, 0.1) is 5.92 Å². The van der Waals surface area contributed by atoms with Crippen LogP contribution >= 0.6 is 0 Å². The van der Waals surface area contributed by atoms with Gasteiger partial charge >= 0.3 is 5.69 Å². The molecule has 0 saturated carbocycles. The summed E-state index contributed by atoms with van der Waals surface area (Å²) in [6.45, 7) is 10.3. The first-order valence-electron chi connectivity index (χ1n) is 7.99. The van der Waals surface area contributed by atoms with Crippen LogP contribution < -0.4 is 16.6 Å². The molecule has 0 aliphatic heterocycles. The Morgan fingerprint density at radius 3 is 2.48 bits per heavy atom. The molecule has 5 nitrogen and oxygen atoms in total. The molecule has 21 heavy (non-hydrogen) atoms. The molecule has 0 amide bonds. The monoisotopic (exact) mass is 295 g/mol. The van der Waals surface area contributed by atoms with Crippen molar-refractivity contribution in [3.05, 3.63) is 33.1 Å². The Morgan fingerprint density at radius 2 is 1.86 bits per heavy atom. The molecule has 1 aromatic heterocycles. The standard InChI is InChI=1S/C16H29N3O2/c1-5-10-18-11-8-15(20)19(16(18)21)12-9-17-14(4)7-6-13(2)3/h8,11,13-14,17H,5-7,9-10,12H2,1-4H3. The van der Waals surface area contributed by atoms with E-state index in [2.05, 4.69) is 26.1 Å². The Hall–Kier alpha value is -1.36. The van der Waals surface area contributed by atoms with Crippen molar-refractivity contribution in [2.75, 3.05) is 6.54 Å². The van der Waals surface area contributed by atoms with Gasteiger partial charge in [0.25, 0.3) is 5.56 Å². The molecule has 1 heterocycles. The number of nitrogens with one attached hydrogen (secondary N) is 1. The molecule has 0 spiro atoms. The van der Waals surface area contributed by atoms with E-state index in [4.69, 9.17) is 0 Å². The second-order valence-electron chi connectivity index (χ2n) is 6.11. The maximum absolute atomic E-state index is 12.2. The zero-order valence-corrected chi connectivity index (χ0v) is 13.8. The van der Waals surface area contributed by atoms with E-state index in [0.717, 1.165) is 12.8 Å². The third-order valence-electron chi connectivity index (χ3n) is 3.61. The average Bonchev–Trinajstić information content (AvgIpc) is 2.43. The molecule has 1 atom stereocenters. The zero-order valence-electron chi connectivity index (χ0n) is 13.8. The number of hydrogen-bond acceptors (Lipinski definition) is 3. The van der Waals surface area contributed by atoms with Crippen LogP contribution in [-0.4, -0.2) is 21.7 Å². The van der Waals surface area contributed by atoms with Crippen molar-refractivity contribution in [3.8, 4) is 0 Å². The first-order valence-corrected chi connectivity index (χ1v) is 7.99. The zero-order chi connectivity index (χ0) is 15.8. The van der Waals surface area contributed by atoms with Crippen molar-refractivity contribution in [2.45, 2.75) is 66.1 Å². The van der Waals surface area contributed by atoms with Gasteiger partial charge < -0.3 is 9.88 Å². The number of aromatic nitrogens is 2. The normalized spacial score (nSPS) is 12.8. The van der Waals surface area contributed by atoms with E-state index in [1.807, 2.05) is 6.92 Å². The Morgan fingerprint density at radius 1 is 1.14 bits per heavy atom. The van der Waals surface area contributed by atoms with Crippen LogP contribution in [0.3, 0.4) is 0 Å². The van der Waals surface area contributed by atoms with E-state index in [1.165, 1.54) is 17.1 Å². The summed E-state index contributed by atoms with van der Waals surface area (Å²) >= 11 is 0. The topological polar surface area (TPSA) is 56.0 Å². The summed E-state index contributed by atoms with van der Waals surface area (Å²) in [6, 6.07) is 1.88. The number of rotatable bonds is 9. The minimum Gasteiger partial charge on any atom is -0.312 e. The molecular formula is C16H29N3O2. The van der Waals surface area contributed by atoms with E-state index < -0.39 is 0 Å². The molecule has 1 N–H and O–H groups in total. The van der Waals surface area contributed by atoms with Crippen molar-refractivity contribution in [2.24, 2.45) is 5.92 Å². The highest BCUT2D eigenvalue weighted by molar-refractivity contribution is 4.86. The van der Waals surface area contributed by atoms with Gasteiger partial charge in [0, 0.05) is 37.9 Å². The molecular weight excluding hydrogens is 266 g/mol. The lowest BCUT2D eigenvalue weighted by molar-refractivity contribution is 0.432. The predicted octanol–water partition coefficient (Wildman–Crippen LogP) is 1.83. The fourth-order valence-corrected chi connectivity index (χ4v) is 2.28. The van der Waals surface area contributed by atoms with E-state index in [-0.39, 0.29) is 11.2 Å². The molecule has 0 aliphatic carbocycles. The van der Waals surface area contributed by atoms with Crippen molar-refractivity contribution in [1.82, 2.24) is 14.5 Å². The molecule has 0 aromatic carbocycles. The Kier molecular flexibility index (Phi) is 7.43. The molecule has 0 saturated heterocycles. The van der Waals surface area contributed by atoms with Crippen LogP contribution in [0.2, 0.25) is 0 Å². The Labute approximate surface area is 127 Å². The van der Waals surface area contributed by atoms with Gasteiger partial charge in [-0.1, -0.05) is 20.8 Å². The lowest BCUT2D eigenvalue weighted by Crippen LogP contribution is -2.42. The Balaban J connectivity index is 2.57. The van der Waals surface area contributed by atoms with Gasteiger partial charge in [0.1, 0.15) is 0 Å². The van der Waals surface area contributed by atoms with Crippen LogP contribution in [0.1, 0.15) is 47.0 Å². The van der Waals surface area contributed by atoms with Crippen LogP contribution in [0.5, 0.6) is 0 Å². The lowest BCUT2D eigenvalue weighted by Gasteiger charge is -2.15. The summed E-state index contributed by atoms with van der Waals surface area (Å²) in [7, 11) is 0. The summed E-state index contributed by atoms with van der Waals surface area (Å²) in [5.74, 6) is 0.701. The van der Waals surface area contributed by atoms with Crippen LogP contribution in [0.25, 0.3) is 0 Å². The van der Waals surface area contributed by atoms with Gasteiger partial charge in [0.15, 0.2) is 0 Å². The Bertz CT molecular complexity index is 531. The summed E-state index contributed by atoms with van der Waals surface area (Å²) < 4.78 is 2.92. The second kappa shape index (κ2) is 8.82. The highest BCUT2D eigenvalue weighted by atomic mass is 16.2. The number of nitrogens with zero attached hydrogens (tertiary/aromatic N) is 2. The smallest absolute Gasteiger partial charge is 0.312 e. The first kappa shape index (κ1) is 17.7. The number of aryl methyl sites for hydroxylation is 1. The molecule has 0 fully saturated rings. The van der Waals surface area contributed by atoms with E-state index >= 15 is 0 Å². The molecule has 1 unspecified atom stereocenters. The van der Waals surface area contributed by atoms with Crippen molar-refractivity contribution in [3.63, 3.8) is 0 Å². The minimum absolute atomic E-state index is 0.207. The SMILES string of the molecule is CCCn1ccc(=O)n(CCNC(C)CCC(C)C)c1=O. The van der Waals surface area contributed by atoms with Crippen LogP contribution in [0.15, 0.2) is 21.9 Å². The summed E-state index contributed by atoms with van der Waals surface area (Å²) in [4.78, 5) is 24.0. The molecule has 0 bridgehead atoms. The summed E-state index contributed by atoms with van der Waals surface area (Å²) in [6.07, 6.45) is 4.76. The lowest BCUT2D eigenvalue weighted by atomic mass is 10.0. The highest BCUT2D eigenvalue weighted by Crippen LogP contribution is 2.05. The number of hydrogen-bond donors (Lipinski definition) is 1. The quantitative estimate of drug-likeness (QED) is 0.756. The molecule has 5 heteroatoms. The largest absolute Gasteiger partial charge is 0.331 e. The van der Waals surface area contributed by atoms with Gasteiger partial charge in [0.05, 0.1) is 0 Å². The fourth-order valence-electron chi connectivity index (χ4n) is 2.28. The van der Waals surface area contributed by atoms with Gasteiger partial charge in [-0.15, -0.1) is 0 Å². The van der Waals surface area contributed by atoms with Crippen molar-refractivity contribution in [1.29, 1.82) is 0 Å². The van der Waals surface area contributed by atoms with Crippen molar-refractivity contribution < 1.29 is 0 Å². The van der Waals surface area contributed by atoms with Gasteiger partial charge in [-0.25, -0.2) is 4.79 Å². The van der Waals surface area contributed by atoms with Crippen LogP contribution in [-0.2, 0) is 13.1 Å². The van der Waals surface area contributed by atoms with Crippen LogP contribution in [0.4, 0.5) is 0 Å². The van der Waals surface area contributed by atoms with Gasteiger partial charge in [-0.2, -0.15) is 0 Å². The van der Waals surface area contributed by atoms with E-state index in [9.17, 15) is 9.59 Å². The van der Waals surface area contributed by atoms with Gasteiger partial charge in [0.2, 0.25) is 0 Å². The van der Waals surface area contributed by atoms with E-state index in [0.29, 0.717) is 31.6 Å². The van der Waals surface area contributed by atoms with Crippen molar-refractivity contribution >= 4 is 0 Å². The summed E-state index contributed by atoms with van der Waals surface area (Å²) in [5, 5.41) is 3.38. The van der Waals surface area contributed by atoms with Gasteiger partial charge in [-0.3, -0.25) is 9.36 Å². The molecule has 1 aromatic rings. The summed E-state index contributed by atoms with van der Waals surface area (Å²) in [5.41, 5.74) is -0.426. The predicted molar refractivity (Wildman–Crippen MR) is 86.8 cm³/mol. The molecule has 0 radical (unpaired) electrons. The third kappa shape index (κ3) is 5.87. The fraction of sp³-hybridized carbons (Fsp3) is 0.750. The maximum atomic E-state index is 12.2. The first-order chi connectivity index (χ1) is 9.95. The van der Waals surface area contributed by atoms with Gasteiger partial charge in [-0.05, 0) is 32.1 Å². The van der Waals surface area contributed by atoms with E-state index in [1.54, 1.807) is 10.8 Å². The molecule has 120 valence electrons.